The molecule has 0 bridgehead atoms. The third-order valence-corrected chi connectivity index (χ3v) is 3.87. The van der Waals surface area contributed by atoms with Crippen LogP contribution in [0.25, 0.3) is 11.1 Å². The predicted molar refractivity (Wildman–Crippen MR) is 80.1 cm³/mol. The van der Waals surface area contributed by atoms with Gasteiger partial charge < -0.3 is 0 Å². The SMILES string of the molecule is CC(C)C(C)c1ccc(-c2ccc(Cl)cc2)cc1. The first-order valence-corrected chi connectivity index (χ1v) is 6.81. The highest BCUT2D eigenvalue weighted by Gasteiger charge is 2.09. The molecular weight excluding hydrogens is 240 g/mol. The van der Waals surface area contributed by atoms with Crippen molar-refractivity contribution in [2.45, 2.75) is 26.7 Å². The van der Waals surface area contributed by atoms with Crippen LogP contribution in [0.15, 0.2) is 48.5 Å². The Bertz CT molecular complexity index is 494. The lowest BCUT2D eigenvalue weighted by molar-refractivity contribution is 0.535. The Labute approximate surface area is 115 Å². The van der Waals surface area contributed by atoms with Crippen LogP contribution >= 0.6 is 11.6 Å². The zero-order valence-corrected chi connectivity index (χ0v) is 11.9. The van der Waals surface area contributed by atoms with Gasteiger partial charge in [0.2, 0.25) is 0 Å². The van der Waals surface area contributed by atoms with Gasteiger partial charge in [-0.05, 0) is 40.7 Å². The second-order valence-corrected chi connectivity index (χ2v) is 5.60. The van der Waals surface area contributed by atoms with Gasteiger partial charge in [-0.1, -0.05) is 68.8 Å². The monoisotopic (exact) mass is 258 g/mol. The molecule has 0 radical (unpaired) electrons. The molecule has 0 aliphatic rings. The highest BCUT2D eigenvalue weighted by Crippen LogP contribution is 2.27. The molecule has 0 amide bonds. The van der Waals surface area contributed by atoms with E-state index in [1.165, 1.54) is 16.7 Å². The molecule has 2 rings (SSSR count). The van der Waals surface area contributed by atoms with E-state index < -0.39 is 0 Å². The third-order valence-electron chi connectivity index (χ3n) is 3.61. The summed E-state index contributed by atoms with van der Waals surface area (Å²) < 4.78 is 0. The van der Waals surface area contributed by atoms with Crippen LogP contribution in [0.4, 0.5) is 0 Å². The minimum absolute atomic E-state index is 0.601. The van der Waals surface area contributed by atoms with Gasteiger partial charge in [0, 0.05) is 5.02 Å². The van der Waals surface area contributed by atoms with E-state index in [0.717, 1.165) is 5.02 Å². The summed E-state index contributed by atoms with van der Waals surface area (Å²) in [5, 5.41) is 0.781. The van der Waals surface area contributed by atoms with E-state index in [0.29, 0.717) is 11.8 Å². The molecule has 1 atom stereocenters. The molecular formula is C17H19Cl. The van der Waals surface area contributed by atoms with E-state index in [1.807, 2.05) is 12.1 Å². The van der Waals surface area contributed by atoms with Crippen molar-refractivity contribution in [1.29, 1.82) is 0 Å². The van der Waals surface area contributed by atoms with E-state index in [-0.39, 0.29) is 0 Å². The summed E-state index contributed by atoms with van der Waals surface area (Å²) >= 11 is 5.90. The van der Waals surface area contributed by atoms with Crippen LogP contribution in [0.2, 0.25) is 5.02 Å². The summed E-state index contributed by atoms with van der Waals surface area (Å²) in [5.41, 5.74) is 3.86. The van der Waals surface area contributed by atoms with Gasteiger partial charge in [0.05, 0.1) is 0 Å². The lowest BCUT2D eigenvalue weighted by Crippen LogP contribution is -2.01. The van der Waals surface area contributed by atoms with E-state index in [4.69, 9.17) is 11.6 Å². The van der Waals surface area contributed by atoms with Gasteiger partial charge in [-0.2, -0.15) is 0 Å². The second-order valence-electron chi connectivity index (χ2n) is 5.16. The lowest BCUT2D eigenvalue weighted by Gasteiger charge is -2.16. The van der Waals surface area contributed by atoms with Crippen LogP contribution in [-0.2, 0) is 0 Å². The zero-order valence-electron chi connectivity index (χ0n) is 11.2. The molecule has 1 unspecified atom stereocenters. The normalized spacial score (nSPS) is 12.7. The van der Waals surface area contributed by atoms with E-state index >= 15 is 0 Å². The van der Waals surface area contributed by atoms with Crippen molar-refractivity contribution in [2.75, 3.05) is 0 Å². The first kappa shape index (κ1) is 13.2. The summed E-state index contributed by atoms with van der Waals surface area (Å²) in [6, 6.07) is 16.8. The Morgan fingerprint density at radius 2 is 1.17 bits per heavy atom. The fourth-order valence-corrected chi connectivity index (χ4v) is 2.13. The van der Waals surface area contributed by atoms with Gasteiger partial charge in [-0.3, -0.25) is 0 Å². The maximum Gasteiger partial charge on any atom is 0.0406 e. The van der Waals surface area contributed by atoms with Gasteiger partial charge in [-0.15, -0.1) is 0 Å². The molecule has 0 aliphatic heterocycles. The fraction of sp³-hybridized carbons (Fsp3) is 0.294. The van der Waals surface area contributed by atoms with Crippen molar-refractivity contribution in [1.82, 2.24) is 0 Å². The third kappa shape index (κ3) is 2.94. The topological polar surface area (TPSA) is 0 Å². The Balaban J connectivity index is 2.24. The quantitative estimate of drug-likeness (QED) is 0.656. The molecule has 0 saturated carbocycles. The van der Waals surface area contributed by atoms with Crippen molar-refractivity contribution >= 4 is 11.6 Å². The summed E-state index contributed by atoms with van der Waals surface area (Å²) in [6.45, 7) is 6.80. The maximum absolute atomic E-state index is 5.90. The van der Waals surface area contributed by atoms with Gasteiger partial charge >= 0.3 is 0 Å². The molecule has 18 heavy (non-hydrogen) atoms. The van der Waals surface area contributed by atoms with E-state index in [2.05, 4.69) is 57.2 Å². The summed E-state index contributed by atoms with van der Waals surface area (Å²) in [6.07, 6.45) is 0. The van der Waals surface area contributed by atoms with Crippen molar-refractivity contribution in [3.63, 3.8) is 0 Å². The molecule has 0 spiro atoms. The van der Waals surface area contributed by atoms with E-state index in [1.54, 1.807) is 0 Å². The van der Waals surface area contributed by atoms with Gasteiger partial charge in [0.25, 0.3) is 0 Å². The number of halogens is 1. The zero-order chi connectivity index (χ0) is 13.1. The molecule has 0 saturated heterocycles. The molecule has 0 aromatic heterocycles. The Hall–Kier alpha value is -1.27. The highest BCUT2D eigenvalue weighted by atomic mass is 35.5. The van der Waals surface area contributed by atoms with Crippen molar-refractivity contribution in [3.8, 4) is 11.1 Å². The molecule has 2 aromatic rings. The minimum atomic E-state index is 0.601. The first-order chi connectivity index (χ1) is 8.58. The molecule has 94 valence electrons. The molecule has 0 aliphatic carbocycles. The van der Waals surface area contributed by atoms with Crippen LogP contribution in [0, 0.1) is 5.92 Å². The molecule has 1 heteroatoms. The maximum atomic E-state index is 5.90. The average Bonchev–Trinajstić information content (AvgIpc) is 2.39. The predicted octanol–water partition coefficient (Wildman–Crippen LogP) is 5.77. The Morgan fingerprint density at radius 3 is 1.61 bits per heavy atom. The number of rotatable bonds is 3. The van der Waals surface area contributed by atoms with Crippen LogP contribution in [0.5, 0.6) is 0 Å². The molecule has 0 N–H and O–H groups in total. The smallest absolute Gasteiger partial charge is 0.0406 e. The first-order valence-electron chi connectivity index (χ1n) is 6.44. The fourth-order valence-electron chi connectivity index (χ4n) is 2.01. The van der Waals surface area contributed by atoms with Crippen molar-refractivity contribution < 1.29 is 0 Å². The van der Waals surface area contributed by atoms with Crippen LogP contribution in [0.3, 0.4) is 0 Å². The summed E-state index contributed by atoms with van der Waals surface area (Å²) in [5.74, 6) is 1.27. The number of hydrogen-bond acceptors (Lipinski definition) is 0. The lowest BCUT2D eigenvalue weighted by atomic mass is 9.89. The second kappa shape index (κ2) is 5.58. The van der Waals surface area contributed by atoms with Crippen molar-refractivity contribution in [3.05, 3.63) is 59.1 Å². The minimum Gasteiger partial charge on any atom is -0.0843 e. The van der Waals surface area contributed by atoms with Gasteiger partial charge in [0.1, 0.15) is 0 Å². The number of hydrogen-bond donors (Lipinski definition) is 0. The average molecular weight is 259 g/mol. The van der Waals surface area contributed by atoms with E-state index in [9.17, 15) is 0 Å². The summed E-state index contributed by atoms with van der Waals surface area (Å²) in [4.78, 5) is 0. The number of benzene rings is 2. The van der Waals surface area contributed by atoms with Gasteiger partial charge in [-0.25, -0.2) is 0 Å². The van der Waals surface area contributed by atoms with Gasteiger partial charge in [0.15, 0.2) is 0 Å². The van der Waals surface area contributed by atoms with Crippen molar-refractivity contribution in [2.24, 2.45) is 5.92 Å². The molecule has 2 aromatic carbocycles. The standard InChI is InChI=1S/C17H19Cl/c1-12(2)13(3)14-4-6-15(7-5-14)16-8-10-17(18)11-9-16/h4-13H,1-3H3. The van der Waals surface area contributed by atoms with Crippen LogP contribution in [0.1, 0.15) is 32.3 Å². The molecule has 0 heterocycles. The molecule has 0 nitrogen and oxygen atoms in total. The van der Waals surface area contributed by atoms with Crippen LogP contribution in [-0.4, -0.2) is 0 Å². The Morgan fingerprint density at radius 1 is 0.722 bits per heavy atom. The summed E-state index contributed by atoms with van der Waals surface area (Å²) in [7, 11) is 0. The molecule has 0 fully saturated rings. The Kier molecular flexibility index (Phi) is 4.08. The highest BCUT2D eigenvalue weighted by molar-refractivity contribution is 6.30. The van der Waals surface area contributed by atoms with Crippen LogP contribution < -0.4 is 0 Å². The largest absolute Gasteiger partial charge is 0.0843 e.